The van der Waals surface area contributed by atoms with Crippen LogP contribution in [0.2, 0.25) is 5.02 Å². The summed E-state index contributed by atoms with van der Waals surface area (Å²) in [6.45, 7) is 4.41. The Morgan fingerprint density at radius 1 is 1.17 bits per heavy atom. The largest absolute Gasteiger partial charge is 0.497 e. The molecule has 2 aromatic carbocycles. The Morgan fingerprint density at radius 3 is 2.56 bits per heavy atom. The van der Waals surface area contributed by atoms with Gasteiger partial charge in [-0.2, -0.15) is 13.2 Å². The van der Waals surface area contributed by atoms with Crippen LogP contribution in [0.25, 0.3) is 10.9 Å². The fraction of sp³-hybridized carbons (Fsp3) is 0.444. The highest BCUT2D eigenvalue weighted by molar-refractivity contribution is 6.31. The molecule has 5 nitrogen and oxygen atoms in total. The number of ether oxygens (including phenoxy) is 1. The lowest BCUT2D eigenvalue weighted by Gasteiger charge is -2.45. The van der Waals surface area contributed by atoms with Crippen molar-refractivity contribution >= 4 is 28.4 Å². The molecule has 1 amide bonds. The number of nitrogens with zero attached hydrogens (tertiary/aromatic N) is 2. The maximum atomic E-state index is 13.5. The van der Waals surface area contributed by atoms with Crippen LogP contribution in [0.4, 0.5) is 13.2 Å². The van der Waals surface area contributed by atoms with Crippen molar-refractivity contribution < 1.29 is 22.7 Å². The Hall–Kier alpha value is -2.71. The Kier molecular flexibility index (Phi) is 7.57. The first kappa shape index (κ1) is 26.4. The molecule has 1 aromatic heterocycles. The molecule has 0 aliphatic carbocycles. The van der Waals surface area contributed by atoms with Gasteiger partial charge in [0.25, 0.3) is 5.91 Å². The minimum atomic E-state index is -4.50. The highest BCUT2D eigenvalue weighted by atomic mass is 35.5. The van der Waals surface area contributed by atoms with E-state index in [1.54, 1.807) is 31.4 Å². The zero-order valence-electron chi connectivity index (χ0n) is 20.7. The third-order valence-corrected chi connectivity index (χ3v) is 7.29. The van der Waals surface area contributed by atoms with Crippen molar-refractivity contribution in [3.05, 3.63) is 64.8 Å². The van der Waals surface area contributed by atoms with Crippen LogP contribution < -0.4 is 4.74 Å². The van der Waals surface area contributed by atoms with Gasteiger partial charge in [0.05, 0.1) is 7.11 Å². The molecule has 3 aromatic rings. The van der Waals surface area contributed by atoms with Gasteiger partial charge < -0.3 is 14.6 Å². The van der Waals surface area contributed by atoms with Crippen molar-refractivity contribution in [1.29, 1.82) is 0 Å². The molecule has 1 aliphatic heterocycles. The lowest BCUT2D eigenvalue weighted by atomic mass is 9.87. The lowest BCUT2D eigenvalue weighted by molar-refractivity contribution is -0.142. The number of alkyl halides is 3. The molecule has 2 heterocycles. The minimum absolute atomic E-state index is 0.0314. The first-order chi connectivity index (χ1) is 17.0. The van der Waals surface area contributed by atoms with Crippen molar-refractivity contribution in [3.8, 4) is 5.75 Å². The van der Waals surface area contributed by atoms with E-state index in [0.717, 1.165) is 35.6 Å². The summed E-state index contributed by atoms with van der Waals surface area (Å²) in [5.41, 5.74) is 1.56. The average Bonchev–Trinajstić information content (AvgIpc) is 3.25. The third kappa shape index (κ3) is 5.98. The van der Waals surface area contributed by atoms with Gasteiger partial charge in [-0.1, -0.05) is 23.7 Å². The summed E-state index contributed by atoms with van der Waals surface area (Å²) in [5.74, 6) is 0.0270. The molecule has 1 unspecified atom stereocenters. The van der Waals surface area contributed by atoms with Gasteiger partial charge in [-0.05, 0) is 81.1 Å². The minimum Gasteiger partial charge on any atom is -0.497 e. The number of aromatic amines is 1. The number of methoxy groups -OCH3 is 1. The number of hydrogen-bond donors (Lipinski definition) is 1. The van der Waals surface area contributed by atoms with Gasteiger partial charge in [0.15, 0.2) is 0 Å². The van der Waals surface area contributed by atoms with E-state index in [-0.39, 0.29) is 23.7 Å². The molecule has 36 heavy (non-hydrogen) atoms. The zero-order chi connectivity index (χ0) is 26.1. The molecule has 4 rings (SSSR count). The van der Waals surface area contributed by atoms with E-state index in [4.69, 9.17) is 16.3 Å². The zero-order valence-corrected chi connectivity index (χ0v) is 21.4. The molecule has 0 saturated carbocycles. The normalized spacial score (nSPS) is 17.4. The maximum Gasteiger partial charge on any atom is 0.406 e. The molecule has 1 saturated heterocycles. The van der Waals surface area contributed by atoms with E-state index >= 15 is 0 Å². The highest BCUT2D eigenvalue weighted by Crippen LogP contribution is 2.34. The second kappa shape index (κ2) is 10.3. The molecule has 1 N–H and O–H groups in total. The van der Waals surface area contributed by atoms with E-state index in [2.05, 4.69) is 23.7 Å². The van der Waals surface area contributed by atoms with E-state index in [1.165, 1.54) is 0 Å². The van der Waals surface area contributed by atoms with E-state index in [9.17, 15) is 18.0 Å². The number of hydrogen-bond acceptors (Lipinski definition) is 3. The van der Waals surface area contributed by atoms with Crippen LogP contribution >= 0.6 is 11.6 Å². The molecule has 1 aliphatic rings. The number of benzene rings is 2. The van der Waals surface area contributed by atoms with Crippen LogP contribution in [0.3, 0.4) is 0 Å². The summed E-state index contributed by atoms with van der Waals surface area (Å²) >= 11 is 6.03. The van der Waals surface area contributed by atoms with Crippen LogP contribution in [-0.2, 0) is 5.54 Å². The van der Waals surface area contributed by atoms with Crippen molar-refractivity contribution in [2.24, 2.45) is 5.92 Å². The number of rotatable bonds is 7. The fourth-order valence-corrected chi connectivity index (χ4v) is 5.22. The highest BCUT2D eigenvalue weighted by Gasteiger charge is 2.37. The molecule has 0 radical (unpaired) electrons. The van der Waals surface area contributed by atoms with E-state index in [1.807, 2.05) is 24.3 Å². The van der Waals surface area contributed by atoms with Gasteiger partial charge in [-0.3, -0.25) is 9.69 Å². The van der Waals surface area contributed by atoms with Crippen LogP contribution in [0, 0.1) is 5.92 Å². The third-order valence-electron chi connectivity index (χ3n) is 7.06. The van der Waals surface area contributed by atoms with Gasteiger partial charge in [0.1, 0.15) is 18.0 Å². The Balaban J connectivity index is 1.52. The van der Waals surface area contributed by atoms with Crippen molar-refractivity contribution in [3.63, 3.8) is 0 Å². The second-order valence-electron chi connectivity index (χ2n) is 9.96. The standard InChI is InChI=1S/C27H31ClF3N3O2/c1-26(2,20-6-9-22(36-3)10-7-20)34-12-4-5-18(16-34)15-33(17-27(29,30)31)25(35)24-14-19-13-21(28)8-11-23(19)32-24/h6-11,13-14,18,32H,4-5,12,15-17H2,1-3H3. The van der Waals surface area contributed by atoms with Gasteiger partial charge >= 0.3 is 6.18 Å². The van der Waals surface area contributed by atoms with Gasteiger partial charge in [-0.25, -0.2) is 0 Å². The summed E-state index contributed by atoms with van der Waals surface area (Å²) in [6.07, 6.45) is -2.88. The quantitative estimate of drug-likeness (QED) is 0.387. The molecule has 1 fully saturated rings. The van der Waals surface area contributed by atoms with Crippen LogP contribution in [0.15, 0.2) is 48.5 Å². The monoisotopic (exact) mass is 521 g/mol. The maximum absolute atomic E-state index is 13.5. The summed E-state index contributed by atoms with van der Waals surface area (Å²) in [6, 6.07) is 14.5. The lowest BCUT2D eigenvalue weighted by Crippen LogP contribution is -2.50. The summed E-state index contributed by atoms with van der Waals surface area (Å²) in [7, 11) is 1.62. The number of carbonyl (C=O) groups is 1. The molecule has 0 bridgehead atoms. The van der Waals surface area contributed by atoms with Crippen molar-refractivity contribution in [2.75, 3.05) is 33.3 Å². The number of halogens is 4. The van der Waals surface area contributed by atoms with E-state index < -0.39 is 18.6 Å². The number of aromatic nitrogens is 1. The van der Waals surface area contributed by atoms with Crippen LogP contribution in [0.1, 0.15) is 42.7 Å². The molecular weight excluding hydrogens is 491 g/mol. The molecule has 1 atom stereocenters. The first-order valence-electron chi connectivity index (χ1n) is 12.0. The average molecular weight is 522 g/mol. The second-order valence-corrected chi connectivity index (χ2v) is 10.4. The molecule has 194 valence electrons. The molecule has 9 heteroatoms. The van der Waals surface area contributed by atoms with Crippen molar-refractivity contribution in [1.82, 2.24) is 14.8 Å². The number of nitrogens with one attached hydrogen (secondary N) is 1. The first-order valence-corrected chi connectivity index (χ1v) is 12.4. The Bertz CT molecular complexity index is 1210. The summed E-state index contributed by atoms with van der Waals surface area (Å²) < 4.78 is 45.8. The fourth-order valence-electron chi connectivity index (χ4n) is 5.04. The Morgan fingerprint density at radius 2 is 1.89 bits per heavy atom. The van der Waals surface area contributed by atoms with Gasteiger partial charge in [-0.15, -0.1) is 0 Å². The smallest absolute Gasteiger partial charge is 0.406 e. The number of amides is 1. The number of H-pyrrole nitrogens is 1. The molecular formula is C27H31ClF3N3O2. The van der Waals surface area contributed by atoms with Crippen LogP contribution in [-0.4, -0.2) is 60.2 Å². The summed E-state index contributed by atoms with van der Waals surface area (Å²) in [4.78, 5) is 19.4. The molecule has 0 spiro atoms. The van der Waals surface area contributed by atoms with Crippen molar-refractivity contribution in [2.45, 2.75) is 38.4 Å². The number of carbonyl (C=O) groups excluding carboxylic acids is 1. The predicted molar refractivity (Wildman–Crippen MR) is 136 cm³/mol. The van der Waals surface area contributed by atoms with Crippen LogP contribution in [0.5, 0.6) is 5.75 Å². The Labute approximate surface area is 214 Å². The predicted octanol–water partition coefficient (Wildman–Crippen LogP) is 6.48. The number of likely N-dealkylation sites (tertiary alicyclic amines) is 1. The number of fused-ring (bicyclic) bond motifs is 1. The van der Waals surface area contributed by atoms with Gasteiger partial charge in [0, 0.05) is 34.6 Å². The van der Waals surface area contributed by atoms with E-state index in [0.29, 0.717) is 22.5 Å². The summed E-state index contributed by atoms with van der Waals surface area (Å²) in [5, 5.41) is 1.18. The van der Waals surface area contributed by atoms with Gasteiger partial charge in [0.2, 0.25) is 0 Å². The number of piperidine rings is 1. The SMILES string of the molecule is COc1ccc(C(C)(C)N2CCCC(CN(CC(F)(F)F)C(=O)c3cc4cc(Cl)ccc4[nH]3)C2)cc1. The topological polar surface area (TPSA) is 48.6 Å².